The fourth-order valence-electron chi connectivity index (χ4n) is 3.37. The minimum absolute atomic E-state index is 0.0210. The quantitative estimate of drug-likeness (QED) is 0.926. The largest absolute Gasteiger partial charge is 0.339 e. The highest BCUT2D eigenvalue weighted by Crippen LogP contribution is 2.35. The fourth-order valence-corrected chi connectivity index (χ4v) is 3.37. The molecule has 4 heteroatoms. The van der Waals surface area contributed by atoms with Gasteiger partial charge in [-0.3, -0.25) is 9.59 Å². The predicted octanol–water partition coefficient (Wildman–Crippen LogP) is 2.26. The predicted molar refractivity (Wildman–Crippen MR) is 80.4 cm³/mol. The van der Waals surface area contributed by atoms with E-state index in [1.807, 2.05) is 37.3 Å². The second-order valence-electron chi connectivity index (χ2n) is 6.21. The molecule has 3 atom stereocenters. The second-order valence-corrected chi connectivity index (χ2v) is 6.21. The molecule has 1 N–H and O–H groups in total. The van der Waals surface area contributed by atoms with Crippen LogP contribution in [0.15, 0.2) is 30.3 Å². The van der Waals surface area contributed by atoms with Crippen LogP contribution in [0.2, 0.25) is 0 Å². The SMILES string of the molecule is CC1C(=O)NC(c2ccccc2)C(=O)N1C(C)C1CCC1. The molecule has 0 spiro atoms. The van der Waals surface area contributed by atoms with Crippen LogP contribution in [-0.4, -0.2) is 28.8 Å². The number of hydrogen-bond donors (Lipinski definition) is 1. The van der Waals surface area contributed by atoms with Gasteiger partial charge in [-0.2, -0.15) is 0 Å². The van der Waals surface area contributed by atoms with Gasteiger partial charge in [0, 0.05) is 6.04 Å². The average Bonchev–Trinajstić information content (AvgIpc) is 2.42. The summed E-state index contributed by atoms with van der Waals surface area (Å²) >= 11 is 0. The molecule has 2 aliphatic rings. The molecule has 1 saturated carbocycles. The van der Waals surface area contributed by atoms with Gasteiger partial charge < -0.3 is 10.2 Å². The zero-order valence-corrected chi connectivity index (χ0v) is 12.6. The first-order valence-corrected chi connectivity index (χ1v) is 7.77. The smallest absolute Gasteiger partial charge is 0.250 e. The van der Waals surface area contributed by atoms with Crippen molar-refractivity contribution in [2.75, 3.05) is 0 Å². The number of carbonyl (C=O) groups is 2. The number of amides is 2. The van der Waals surface area contributed by atoms with Crippen LogP contribution in [0.3, 0.4) is 0 Å². The van der Waals surface area contributed by atoms with Gasteiger partial charge in [0.25, 0.3) is 5.91 Å². The lowest BCUT2D eigenvalue weighted by atomic mass is 9.79. The summed E-state index contributed by atoms with van der Waals surface area (Å²) in [4.78, 5) is 26.9. The number of piperazine rings is 1. The molecule has 112 valence electrons. The molecule has 3 unspecified atom stereocenters. The molecule has 3 rings (SSSR count). The van der Waals surface area contributed by atoms with Crippen LogP contribution < -0.4 is 5.32 Å². The van der Waals surface area contributed by atoms with Crippen LogP contribution in [-0.2, 0) is 9.59 Å². The molecule has 21 heavy (non-hydrogen) atoms. The van der Waals surface area contributed by atoms with Crippen molar-refractivity contribution in [2.45, 2.75) is 51.2 Å². The van der Waals surface area contributed by atoms with Crippen molar-refractivity contribution in [3.05, 3.63) is 35.9 Å². The Labute approximate surface area is 125 Å². The van der Waals surface area contributed by atoms with Crippen molar-refractivity contribution in [1.82, 2.24) is 10.2 Å². The molecule has 2 fully saturated rings. The van der Waals surface area contributed by atoms with E-state index in [0.29, 0.717) is 5.92 Å². The van der Waals surface area contributed by atoms with Crippen LogP contribution in [0.4, 0.5) is 0 Å². The lowest BCUT2D eigenvalue weighted by Crippen LogP contribution is -2.62. The normalized spacial score (nSPS) is 28.0. The second kappa shape index (κ2) is 5.51. The first-order valence-electron chi connectivity index (χ1n) is 7.77. The standard InChI is InChI=1S/C17H22N2O2/c1-11(13-9-6-10-13)19-12(2)16(20)18-15(17(19)21)14-7-4-3-5-8-14/h3-5,7-8,11-13,15H,6,9-10H2,1-2H3,(H,18,20). The number of nitrogens with one attached hydrogen (secondary N) is 1. The van der Waals surface area contributed by atoms with Gasteiger partial charge in [0.05, 0.1) is 0 Å². The summed E-state index contributed by atoms with van der Waals surface area (Å²) in [6.07, 6.45) is 3.56. The van der Waals surface area contributed by atoms with Crippen molar-refractivity contribution in [1.29, 1.82) is 0 Å². The Kier molecular flexibility index (Phi) is 3.70. The summed E-state index contributed by atoms with van der Waals surface area (Å²) in [5.41, 5.74) is 0.855. The maximum Gasteiger partial charge on any atom is 0.250 e. The first-order chi connectivity index (χ1) is 10.1. The highest BCUT2D eigenvalue weighted by atomic mass is 16.2. The lowest BCUT2D eigenvalue weighted by Gasteiger charge is -2.45. The van der Waals surface area contributed by atoms with Crippen molar-refractivity contribution >= 4 is 11.8 Å². The number of nitrogens with zero attached hydrogens (tertiary/aromatic N) is 1. The number of hydrogen-bond acceptors (Lipinski definition) is 2. The number of carbonyl (C=O) groups excluding carboxylic acids is 2. The highest BCUT2D eigenvalue weighted by molar-refractivity contribution is 5.97. The summed E-state index contributed by atoms with van der Waals surface area (Å²) < 4.78 is 0. The fraction of sp³-hybridized carbons (Fsp3) is 0.529. The molecular weight excluding hydrogens is 264 g/mol. The van der Waals surface area contributed by atoms with Crippen molar-refractivity contribution in [3.63, 3.8) is 0 Å². The van der Waals surface area contributed by atoms with E-state index in [2.05, 4.69) is 12.2 Å². The van der Waals surface area contributed by atoms with Crippen LogP contribution >= 0.6 is 0 Å². The van der Waals surface area contributed by atoms with Crippen molar-refractivity contribution in [3.8, 4) is 0 Å². The third-order valence-electron chi connectivity index (χ3n) is 4.99. The third kappa shape index (κ3) is 2.43. The van der Waals surface area contributed by atoms with Crippen molar-refractivity contribution in [2.24, 2.45) is 5.92 Å². The zero-order valence-electron chi connectivity index (χ0n) is 12.6. The Balaban J connectivity index is 1.87. The van der Waals surface area contributed by atoms with E-state index in [1.54, 1.807) is 4.90 Å². The van der Waals surface area contributed by atoms with E-state index in [4.69, 9.17) is 0 Å². The number of rotatable bonds is 3. The van der Waals surface area contributed by atoms with Gasteiger partial charge in [0.1, 0.15) is 12.1 Å². The highest BCUT2D eigenvalue weighted by Gasteiger charge is 2.43. The summed E-state index contributed by atoms with van der Waals surface area (Å²) in [6.45, 7) is 3.91. The zero-order chi connectivity index (χ0) is 15.0. The monoisotopic (exact) mass is 286 g/mol. The Hall–Kier alpha value is -1.84. The van der Waals surface area contributed by atoms with E-state index < -0.39 is 6.04 Å². The molecule has 4 nitrogen and oxygen atoms in total. The maximum absolute atomic E-state index is 12.9. The molecule has 1 saturated heterocycles. The van der Waals surface area contributed by atoms with Gasteiger partial charge in [0.2, 0.25) is 5.91 Å². The van der Waals surface area contributed by atoms with Gasteiger partial charge in [-0.25, -0.2) is 0 Å². The summed E-state index contributed by atoms with van der Waals surface area (Å²) in [5, 5.41) is 2.86. The van der Waals surface area contributed by atoms with Crippen LogP contribution in [0.25, 0.3) is 0 Å². The molecule has 1 heterocycles. The minimum Gasteiger partial charge on any atom is -0.339 e. The molecule has 1 aliphatic heterocycles. The third-order valence-corrected chi connectivity index (χ3v) is 4.99. The van der Waals surface area contributed by atoms with Gasteiger partial charge in [-0.05, 0) is 38.2 Å². The molecule has 1 aromatic rings. The molecule has 2 amide bonds. The van der Waals surface area contributed by atoms with Gasteiger partial charge >= 0.3 is 0 Å². The van der Waals surface area contributed by atoms with Crippen LogP contribution in [0, 0.1) is 5.92 Å². The molecule has 0 radical (unpaired) electrons. The number of benzene rings is 1. The van der Waals surface area contributed by atoms with Gasteiger partial charge in [-0.15, -0.1) is 0 Å². The van der Waals surface area contributed by atoms with Crippen LogP contribution in [0.1, 0.15) is 44.7 Å². The minimum atomic E-state index is -0.544. The summed E-state index contributed by atoms with van der Waals surface area (Å²) in [5.74, 6) is 0.501. The Morgan fingerprint density at radius 2 is 1.86 bits per heavy atom. The Bertz CT molecular complexity index is 539. The molecule has 0 bridgehead atoms. The lowest BCUT2D eigenvalue weighted by molar-refractivity contribution is -0.153. The maximum atomic E-state index is 12.9. The van der Waals surface area contributed by atoms with E-state index in [9.17, 15) is 9.59 Å². The Morgan fingerprint density at radius 3 is 2.43 bits per heavy atom. The summed E-state index contributed by atoms with van der Waals surface area (Å²) in [7, 11) is 0. The molecule has 1 aromatic carbocycles. The first kappa shape index (κ1) is 14.1. The van der Waals surface area contributed by atoms with E-state index >= 15 is 0 Å². The van der Waals surface area contributed by atoms with Gasteiger partial charge in [0.15, 0.2) is 0 Å². The molecule has 0 aromatic heterocycles. The summed E-state index contributed by atoms with van der Waals surface area (Å²) in [6, 6.07) is 8.70. The van der Waals surface area contributed by atoms with Crippen LogP contribution in [0.5, 0.6) is 0 Å². The average molecular weight is 286 g/mol. The molecular formula is C17H22N2O2. The van der Waals surface area contributed by atoms with E-state index in [1.165, 1.54) is 6.42 Å². The molecule has 1 aliphatic carbocycles. The topological polar surface area (TPSA) is 49.4 Å². The van der Waals surface area contributed by atoms with E-state index in [-0.39, 0.29) is 23.9 Å². The van der Waals surface area contributed by atoms with Crippen molar-refractivity contribution < 1.29 is 9.59 Å². The van der Waals surface area contributed by atoms with Gasteiger partial charge in [-0.1, -0.05) is 36.8 Å². The Morgan fingerprint density at radius 1 is 1.19 bits per heavy atom. The van der Waals surface area contributed by atoms with E-state index in [0.717, 1.165) is 18.4 Å².